The second-order valence-corrected chi connectivity index (χ2v) is 4.94. The summed E-state index contributed by atoms with van der Waals surface area (Å²) in [5.41, 5.74) is 5.11. The van der Waals surface area contributed by atoms with E-state index in [1.807, 2.05) is 0 Å². The van der Waals surface area contributed by atoms with Crippen molar-refractivity contribution in [1.29, 1.82) is 0 Å². The molecule has 3 N–H and O–H groups in total. The molecular weight excluding hydrogens is 310 g/mol. The molecule has 23 heavy (non-hydrogen) atoms. The van der Waals surface area contributed by atoms with Gasteiger partial charge >= 0.3 is 17.9 Å². The van der Waals surface area contributed by atoms with Crippen LogP contribution in [-0.2, 0) is 28.7 Å². The molecular formula is C13H23N3O7. The number of nitrogens with two attached hydrogens (primary N) is 1. The van der Waals surface area contributed by atoms with Crippen LogP contribution in [0, 0.1) is 0 Å². The van der Waals surface area contributed by atoms with Gasteiger partial charge in [0.1, 0.15) is 0 Å². The number of methoxy groups -OCH3 is 2. The third-order valence-corrected chi connectivity index (χ3v) is 3.00. The van der Waals surface area contributed by atoms with Gasteiger partial charge in [-0.05, 0) is 6.92 Å². The monoisotopic (exact) mass is 333 g/mol. The van der Waals surface area contributed by atoms with Crippen molar-refractivity contribution in [3.63, 3.8) is 0 Å². The lowest BCUT2D eigenvalue weighted by atomic mass is 10.2. The number of carboxylic acids is 1. The van der Waals surface area contributed by atoms with Gasteiger partial charge in [0.25, 0.3) is 0 Å². The molecule has 0 aliphatic carbocycles. The Morgan fingerprint density at radius 2 is 1.48 bits per heavy atom. The smallest absolute Gasteiger partial charge is 0.319 e. The number of amides is 1. The maximum Gasteiger partial charge on any atom is 0.319 e. The molecule has 0 aromatic carbocycles. The molecule has 0 aromatic rings. The zero-order valence-corrected chi connectivity index (χ0v) is 13.5. The van der Waals surface area contributed by atoms with Crippen LogP contribution in [0.2, 0.25) is 0 Å². The van der Waals surface area contributed by atoms with Crippen LogP contribution in [0.3, 0.4) is 0 Å². The third-order valence-electron chi connectivity index (χ3n) is 3.00. The van der Waals surface area contributed by atoms with Crippen LogP contribution in [0.4, 0.5) is 0 Å². The van der Waals surface area contributed by atoms with E-state index < -0.39 is 36.4 Å². The molecule has 0 saturated heterocycles. The number of carbonyl (C=O) groups is 4. The first-order valence-electron chi connectivity index (χ1n) is 6.79. The van der Waals surface area contributed by atoms with Crippen molar-refractivity contribution in [2.45, 2.75) is 13.0 Å². The fourth-order valence-corrected chi connectivity index (χ4v) is 1.91. The molecule has 0 radical (unpaired) electrons. The van der Waals surface area contributed by atoms with Gasteiger partial charge in [0.15, 0.2) is 0 Å². The number of carbonyl (C=O) groups excluding carboxylic acids is 3. The van der Waals surface area contributed by atoms with E-state index in [1.165, 1.54) is 24.0 Å². The molecule has 10 heteroatoms. The van der Waals surface area contributed by atoms with Crippen LogP contribution >= 0.6 is 0 Å². The average molecular weight is 333 g/mol. The van der Waals surface area contributed by atoms with E-state index in [4.69, 9.17) is 10.8 Å². The summed E-state index contributed by atoms with van der Waals surface area (Å²) >= 11 is 0. The molecule has 0 unspecified atom stereocenters. The number of aliphatic carboxylic acids is 1. The van der Waals surface area contributed by atoms with Crippen molar-refractivity contribution >= 4 is 23.8 Å². The highest BCUT2D eigenvalue weighted by Gasteiger charge is 2.24. The first-order chi connectivity index (χ1) is 10.7. The SMILES string of the molecule is COC(=O)CN(CC(=O)OC)C[C@H](C)N(CC(N)=O)CC(=O)O. The predicted octanol–water partition coefficient (Wildman–Crippen LogP) is -2.11. The Hall–Kier alpha value is -2.20. The number of nitrogens with zero attached hydrogens (tertiary/aromatic N) is 2. The number of ether oxygens (including phenoxy) is 2. The average Bonchev–Trinajstić information content (AvgIpc) is 2.44. The Kier molecular flexibility index (Phi) is 9.51. The van der Waals surface area contributed by atoms with Crippen LogP contribution in [0.25, 0.3) is 0 Å². The first-order valence-corrected chi connectivity index (χ1v) is 6.79. The van der Waals surface area contributed by atoms with Crippen LogP contribution in [0.5, 0.6) is 0 Å². The summed E-state index contributed by atoms with van der Waals surface area (Å²) in [4.78, 5) is 47.5. The lowest BCUT2D eigenvalue weighted by molar-refractivity contribution is -0.147. The number of hydrogen-bond donors (Lipinski definition) is 2. The molecule has 0 heterocycles. The Morgan fingerprint density at radius 1 is 1.00 bits per heavy atom. The number of esters is 2. The fourth-order valence-electron chi connectivity index (χ4n) is 1.91. The highest BCUT2D eigenvalue weighted by atomic mass is 16.5. The van der Waals surface area contributed by atoms with E-state index in [9.17, 15) is 19.2 Å². The topological polar surface area (TPSA) is 139 Å². The Labute approximate surface area is 134 Å². The molecule has 1 atom stereocenters. The Morgan fingerprint density at radius 3 is 1.83 bits per heavy atom. The van der Waals surface area contributed by atoms with Crippen molar-refractivity contribution in [2.75, 3.05) is 46.9 Å². The van der Waals surface area contributed by atoms with Gasteiger partial charge in [0.2, 0.25) is 5.91 Å². The van der Waals surface area contributed by atoms with Gasteiger partial charge in [-0.15, -0.1) is 0 Å². The molecule has 10 nitrogen and oxygen atoms in total. The number of hydrogen-bond acceptors (Lipinski definition) is 8. The van der Waals surface area contributed by atoms with Gasteiger partial charge in [-0.1, -0.05) is 0 Å². The predicted molar refractivity (Wildman–Crippen MR) is 78.3 cm³/mol. The Balaban J connectivity index is 4.94. The number of primary amides is 1. The van der Waals surface area contributed by atoms with Crippen LogP contribution in [0.15, 0.2) is 0 Å². The van der Waals surface area contributed by atoms with E-state index in [0.717, 1.165) is 0 Å². The van der Waals surface area contributed by atoms with Crippen molar-refractivity contribution < 1.29 is 33.8 Å². The lowest BCUT2D eigenvalue weighted by Gasteiger charge is -2.30. The molecule has 0 aliphatic heterocycles. The minimum atomic E-state index is -1.12. The summed E-state index contributed by atoms with van der Waals surface area (Å²) in [6.45, 7) is 0.811. The maximum atomic E-state index is 11.4. The summed E-state index contributed by atoms with van der Waals surface area (Å²) in [5, 5.41) is 8.89. The largest absolute Gasteiger partial charge is 0.480 e. The van der Waals surface area contributed by atoms with Crippen molar-refractivity contribution in [1.82, 2.24) is 9.80 Å². The lowest BCUT2D eigenvalue weighted by Crippen LogP contribution is -2.49. The van der Waals surface area contributed by atoms with E-state index in [-0.39, 0.29) is 26.2 Å². The van der Waals surface area contributed by atoms with Crippen LogP contribution in [-0.4, -0.2) is 91.7 Å². The summed E-state index contributed by atoms with van der Waals surface area (Å²) < 4.78 is 9.11. The first kappa shape index (κ1) is 20.8. The molecule has 0 bridgehead atoms. The van der Waals surface area contributed by atoms with E-state index in [1.54, 1.807) is 6.92 Å². The molecule has 0 aliphatic rings. The molecule has 0 aromatic heterocycles. The normalized spacial score (nSPS) is 12.0. The summed E-state index contributed by atoms with van der Waals surface area (Å²) in [6, 6.07) is -0.451. The minimum absolute atomic E-state index is 0.144. The van der Waals surface area contributed by atoms with Gasteiger partial charge in [-0.25, -0.2) is 0 Å². The zero-order chi connectivity index (χ0) is 18.0. The van der Waals surface area contributed by atoms with Crippen LogP contribution in [0.1, 0.15) is 6.92 Å². The molecule has 132 valence electrons. The number of carboxylic acid groups (broad SMARTS) is 1. The van der Waals surface area contributed by atoms with Gasteiger partial charge in [-0.2, -0.15) is 0 Å². The standard InChI is InChI=1S/C13H23N3O7/c1-9(16(5-10(14)17)6-11(18)19)4-15(7-12(20)22-2)8-13(21)23-3/h9H,4-8H2,1-3H3,(H2,14,17)(H,18,19)/t9-/m0/s1. The van der Waals surface area contributed by atoms with Crippen molar-refractivity contribution in [2.24, 2.45) is 5.73 Å². The second kappa shape index (κ2) is 10.5. The highest BCUT2D eigenvalue weighted by Crippen LogP contribution is 2.03. The van der Waals surface area contributed by atoms with Gasteiger partial charge in [0.05, 0.1) is 40.4 Å². The van der Waals surface area contributed by atoms with Gasteiger partial charge in [0, 0.05) is 12.6 Å². The van der Waals surface area contributed by atoms with E-state index in [0.29, 0.717) is 0 Å². The minimum Gasteiger partial charge on any atom is -0.480 e. The third kappa shape index (κ3) is 9.42. The highest BCUT2D eigenvalue weighted by molar-refractivity contribution is 5.77. The second-order valence-electron chi connectivity index (χ2n) is 4.94. The number of rotatable bonds is 11. The summed E-state index contributed by atoms with van der Waals surface area (Å²) in [7, 11) is 2.43. The van der Waals surface area contributed by atoms with Crippen LogP contribution < -0.4 is 5.73 Å². The quantitative estimate of drug-likeness (QED) is 0.407. The molecule has 0 saturated carbocycles. The van der Waals surface area contributed by atoms with Crippen molar-refractivity contribution in [3.05, 3.63) is 0 Å². The summed E-state index contributed by atoms with van der Waals surface area (Å²) in [5.74, 6) is -2.90. The summed E-state index contributed by atoms with van der Waals surface area (Å²) in [6.07, 6.45) is 0. The fraction of sp³-hybridized carbons (Fsp3) is 0.692. The van der Waals surface area contributed by atoms with Gasteiger partial charge in [-0.3, -0.25) is 29.0 Å². The maximum absolute atomic E-state index is 11.4. The zero-order valence-electron chi connectivity index (χ0n) is 13.5. The van der Waals surface area contributed by atoms with Gasteiger partial charge < -0.3 is 20.3 Å². The van der Waals surface area contributed by atoms with E-state index >= 15 is 0 Å². The van der Waals surface area contributed by atoms with E-state index in [2.05, 4.69) is 9.47 Å². The Bertz CT molecular complexity index is 407. The molecule has 1 amide bonds. The molecule has 0 rings (SSSR count). The molecule has 0 fully saturated rings. The van der Waals surface area contributed by atoms with Crippen molar-refractivity contribution in [3.8, 4) is 0 Å². The molecule has 0 spiro atoms.